The molecule has 2 aromatic rings. The summed E-state index contributed by atoms with van der Waals surface area (Å²) in [5.74, 6) is -0.0110. The number of anilines is 1. The van der Waals surface area contributed by atoms with Gasteiger partial charge in [-0.25, -0.2) is 0 Å². The first-order valence-corrected chi connectivity index (χ1v) is 12.7. The van der Waals surface area contributed by atoms with E-state index in [4.69, 9.17) is 16.1 Å². The largest absolute Gasteiger partial charge is 0.481 e. The molecule has 1 saturated carbocycles. The molecule has 0 aliphatic heterocycles. The molecule has 0 bridgehead atoms. The van der Waals surface area contributed by atoms with Crippen molar-refractivity contribution in [3.8, 4) is 0 Å². The van der Waals surface area contributed by atoms with Crippen molar-refractivity contribution in [1.29, 1.82) is 0 Å². The van der Waals surface area contributed by atoms with E-state index in [1.165, 1.54) is 0 Å². The highest BCUT2D eigenvalue weighted by atomic mass is 35.5. The number of nitrogens with one attached hydrogen (secondary N) is 1. The van der Waals surface area contributed by atoms with Crippen LogP contribution in [-0.2, 0) is 16.0 Å². The summed E-state index contributed by atoms with van der Waals surface area (Å²) < 4.78 is 5.79. The number of carboxylic acid groups (broad SMARTS) is 1. The molecule has 1 heterocycles. The molecule has 7 nitrogen and oxygen atoms in total. The molecule has 1 atom stereocenters. The number of carbonyl (C=O) groups excluding carboxylic acids is 1. The van der Waals surface area contributed by atoms with Gasteiger partial charge in [0.2, 0.25) is 5.91 Å². The Bertz CT molecular complexity index is 1040. The second kappa shape index (κ2) is 11.6. The standard InChI is InChI=1S/C27H37ClN2O5/c1-16-5-7-22(21(28)11-16)29-23(32)14-18(6-8-24(33)34)25-20(9-10-31)26(35-30-25)19-12-17(13-19)15-27(2,3)4/h5,7,11,17-19,31H,6,8-10,12-15H2,1-4H3,(H,29,32)(H,33,34)/t17?,18-,19?/m0/s1. The number of hydrogen-bond acceptors (Lipinski definition) is 5. The van der Waals surface area contributed by atoms with Crippen molar-refractivity contribution >= 4 is 29.2 Å². The first kappa shape index (κ1) is 27.2. The van der Waals surface area contributed by atoms with Crippen LogP contribution in [0.2, 0.25) is 5.02 Å². The van der Waals surface area contributed by atoms with Crippen LogP contribution in [0.15, 0.2) is 22.7 Å². The molecule has 0 unspecified atom stereocenters. The van der Waals surface area contributed by atoms with E-state index in [9.17, 15) is 19.8 Å². The number of carboxylic acids is 1. The predicted octanol–water partition coefficient (Wildman–Crippen LogP) is 6.08. The lowest BCUT2D eigenvalue weighted by Crippen LogP contribution is -2.26. The van der Waals surface area contributed by atoms with E-state index in [0.717, 1.165) is 36.1 Å². The Kier molecular flexibility index (Phi) is 9.00. The minimum Gasteiger partial charge on any atom is -0.481 e. The van der Waals surface area contributed by atoms with Crippen molar-refractivity contribution in [2.75, 3.05) is 11.9 Å². The van der Waals surface area contributed by atoms with Crippen molar-refractivity contribution in [2.45, 2.75) is 84.5 Å². The Morgan fingerprint density at radius 2 is 2.00 bits per heavy atom. The Labute approximate surface area is 212 Å². The van der Waals surface area contributed by atoms with E-state index >= 15 is 0 Å². The van der Waals surface area contributed by atoms with Crippen LogP contribution in [-0.4, -0.2) is 33.9 Å². The molecule has 1 fully saturated rings. The van der Waals surface area contributed by atoms with E-state index in [0.29, 0.717) is 28.7 Å². The predicted molar refractivity (Wildman–Crippen MR) is 136 cm³/mol. The number of hydrogen-bond donors (Lipinski definition) is 3. The first-order chi connectivity index (χ1) is 16.5. The molecule has 1 aliphatic carbocycles. The molecule has 0 spiro atoms. The zero-order valence-corrected chi connectivity index (χ0v) is 21.8. The number of nitrogens with zero attached hydrogens (tertiary/aromatic N) is 1. The van der Waals surface area contributed by atoms with Crippen LogP contribution in [0.4, 0.5) is 5.69 Å². The fourth-order valence-corrected chi connectivity index (χ4v) is 5.38. The van der Waals surface area contributed by atoms with E-state index in [1.54, 1.807) is 12.1 Å². The van der Waals surface area contributed by atoms with Gasteiger partial charge in [0.25, 0.3) is 0 Å². The average molecular weight is 505 g/mol. The maximum absolute atomic E-state index is 12.9. The number of aliphatic carboxylic acids is 1. The number of aromatic nitrogens is 1. The van der Waals surface area contributed by atoms with Gasteiger partial charge in [-0.05, 0) is 61.6 Å². The highest BCUT2D eigenvalue weighted by Crippen LogP contribution is 2.48. The van der Waals surface area contributed by atoms with E-state index < -0.39 is 11.9 Å². The lowest BCUT2D eigenvalue weighted by Gasteiger charge is -2.38. The fourth-order valence-electron chi connectivity index (χ4n) is 5.10. The smallest absolute Gasteiger partial charge is 0.303 e. The van der Waals surface area contributed by atoms with Gasteiger partial charge in [-0.1, -0.05) is 43.6 Å². The van der Waals surface area contributed by atoms with E-state index in [2.05, 4.69) is 31.2 Å². The van der Waals surface area contributed by atoms with Gasteiger partial charge >= 0.3 is 5.97 Å². The number of aryl methyl sites for hydroxylation is 1. The van der Waals surface area contributed by atoms with Gasteiger partial charge in [-0.15, -0.1) is 0 Å². The first-order valence-electron chi connectivity index (χ1n) is 12.3. The van der Waals surface area contributed by atoms with Crippen molar-refractivity contribution < 1.29 is 24.3 Å². The van der Waals surface area contributed by atoms with Gasteiger partial charge < -0.3 is 20.1 Å². The third-order valence-corrected chi connectivity index (χ3v) is 6.95. The summed E-state index contributed by atoms with van der Waals surface area (Å²) in [5.41, 5.74) is 3.17. The van der Waals surface area contributed by atoms with Gasteiger partial charge in [-0.2, -0.15) is 0 Å². The third-order valence-electron chi connectivity index (χ3n) is 6.64. The van der Waals surface area contributed by atoms with Crippen LogP contribution < -0.4 is 5.32 Å². The Hall–Kier alpha value is -2.38. The van der Waals surface area contributed by atoms with Gasteiger partial charge in [0, 0.05) is 43.3 Å². The lowest BCUT2D eigenvalue weighted by atomic mass is 9.67. The number of aliphatic hydroxyl groups is 1. The molecule has 3 rings (SSSR count). The molecule has 1 aromatic carbocycles. The van der Waals surface area contributed by atoms with Crippen LogP contribution >= 0.6 is 11.6 Å². The third kappa shape index (κ3) is 7.55. The lowest BCUT2D eigenvalue weighted by molar-refractivity contribution is -0.137. The van der Waals surface area contributed by atoms with Gasteiger partial charge in [0.15, 0.2) is 0 Å². The number of rotatable bonds is 11. The van der Waals surface area contributed by atoms with Gasteiger partial charge in [0.1, 0.15) is 5.76 Å². The number of amides is 1. The molecule has 1 aromatic heterocycles. The summed E-state index contributed by atoms with van der Waals surface area (Å²) in [4.78, 5) is 24.2. The molecule has 0 radical (unpaired) electrons. The molecule has 3 N–H and O–H groups in total. The second-order valence-corrected chi connectivity index (χ2v) is 11.5. The SMILES string of the molecule is Cc1ccc(NC(=O)C[C@H](CCC(=O)O)c2noc(C3CC(CC(C)(C)C)C3)c2CCO)c(Cl)c1. The normalized spacial score (nSPS) is 18.7. The van der Waals surface area contributed by atoms with Crippen molar-refractivity contribution in [3.05, 3.63) is 45.8 Å². The molecule has 192 valence electrons. The summed E-state index contributed by atoms with van der Waals surface area (Å²) in [7, 11) is 0. The Morgan fingerprint density at radius 1 is 1.29 bits per heavy atom. The number of halogens is 1. The van der Waals surface area contributed by atoms with E-state index in [-0.39, 0.29) is 43.1 Å². The summed E-state index contributed by atoms with van der Waals surface area (Å²) in [6.07, 6.45) is 3.71. The van der Waals surface area contributed by atoms with E-state index in [1.807, 2.05) is 13.0 Å². The molecule has 1 amide bonds. The summed E-state index contributed by atoms with van der Waals surface area (Å²) >= 11 is 6.26. The maximum atomic E-state index is 12.9. The van der Waals surface area contributed by atoms with Gasteiger partial charge in [-0.3, -0.25) is 9.59 Å². The molecule has 1 aliphatic rings. The maximum Gasteiger partial charge on any atom is 0.303 e. The number of benzene rings is 1. The average Bonchev–Trinajstić information content (AvgIpc) is 3.12. The van der Waals surface area contributed by atoms with Crippen molar-refractivity contribution in [2.24, 2.45) is 11.3 Å². The zero-order chi connectivity index (χ0) is 25.8. The molecular weight excluding hydrogens is 468 g/mol. The summed E-state index contributed by atoms with van der Waals surface area (Å²) in [6.45, 7) is 8.57. The highest BCUT2D eigenvalue weighted by molar-refractivity contribution is 6.33. The minimum absolute atomic E-state index is 0.0409. The zero-order valence-electron chi connectivity index (χ0n) is 21.1. The van der Waals surface area contributed by atoms with Crippen LogP contribution in [0, 0.1) is 18.3 Å². The van der Waals surface area contributed by atoms with Crippen LogP contribution in [0.5, 0.6) is 0 Å². The van der Waals surface area contributed by atoms with Crippen molar-refractivity contribution in [3.63, 3.8) is 0 Å². The molecular formula is C27H37ClN2O5. The fraction of sp³-hybridized carbons (Fsp3) is 0.593. The highest BCUT2D eigenvalue weighted by Gasteiger charge is 2.38. The number of carbonyl (C=O) groups is 2. The summed E-state index contributed by atoms with van der Waals surface area (Å²) in [6, 6.07) is 5.38. The molecule has 0 saturated heterocycles. The van der Waals surface area contributed by atoms with Crippen LogP contribution in [0.25, 0.3) is 0 Å². The Balaban J connectivity index is 1.78. The molecule has 8 heteroatoms. The Morgan fingerprint density at radius 3 is 2.60 bits per heavy atom. The van der Waals surface area contributed by atoms with Crippen LogP contribution in [0.3, 0.4) is 0 Å². The monoisotopic (exact) mass is 504 g/mol. The second-order valence-electron chi connectivity index (χ2n) is 11.0. The van der Waals surface area contributed by atoms with Gasteiger partial charge in [0.05, 0.1) is 16.4 Å². The topological polar surface area (TPSA) is 113 Å². The summed E-state index contributed by atoms with van der Waals surface area (Å²) in [5, 5.41) is 26.6. The molecule has 35 heavy (non-hydrogen) atoms. The van der Waals surface area contributed by atoms with Crippen LogP contribution in [0.1, 0.15) is 93.7 Å². The minimum atomic E-state index is -0.937. The quantitative estimate of drug-likeness (QED) is 0.342. The number of aliphatic hydroxyl groups excluding tert-OH is 1. The van der Waals surface area contributed by atoms with Crippen molar-refractivity contribution in [1.82, 2.24) is 5.16 Å².